The fourth-order valence-electron chi connectivity index (χ4n) is 1.30. The fraction of sp³-hybridized carbons (Fsp3) is 0.400. The second kappa shape index (κ2) is 5.80. The van der Waals surface area contributed by atoms with Crippen LogP contribution in [-0.4, -0.2) is 65.4 Å². The second-order valence-electron chi connectivity index (χ2n) is 3.70. The minimum absolute atomic E-state index is 0.0990. The maximum atomic E-state index is 11.5. The summed E-state index contributed by atoms with van der Waals surface area (Å²) < 4.78 is 0. The van der Waals surface area contributed by atoms with E-state index in [1.807, 2.05) is 5.32 Å². The lowest BCUT2D eigenvalue weighted by atomic mass is 10.3. The SMILES string of the molecule is CN1CCN(C(=O)NC(=O)C=CC(=O)O)CC1=O. The van der Waals surface area contributed by atoms with Gasteiger partial charge in [0.15, 0.2) is 0 Å². The third-order valence-electron chi connectivity index (χ3n) is 2.35. The van der Waals surface area contributed by atoms with Gasteiger partial charge in [-0.2, -0.15) is 0 Å². The van der Waals surface area contributed by atoms with Crippen LogP contribution in [0.3, 0.4) is 0 Å². The van der Waals surface area contributed by atoms with Gasteiger partial charge in [0.05, 0.1) is 0 Å². The number of carboxylic acids is 1. The summed E-state index contributed by atoms with van der Waals surface area (Å²) >= 11 is 0. The topological polar surface area (TPSA) is 107 Å². The molecule has 8 heteroatoms. The fourth-order valence-corrected chi connectivity index (χ4v) is 1.30. The van der Waals surface area contributed by atoms with Crippen LogP contribution in [0.25, 0.3) is 0 Å². The molecule has 1 heterocycles. The first kappa shape index (κ1) is 13.7. The highest BCUT2D eigenvalue weighted by atomic mass is 16.4. The summed E-state index contributed by atoms with van der Waals surface area (Å²) in [6.45, 7) is 0.619. The van der Waals surface area contributed by atoms with Crippen LogP contribution in [0.1, 0.15) is 0 Å². The first-order chi connectivity index (χ1) is 8.40. The van der Waals surface area contributed by atoms with Crippen molar-refractivity contribution in [2.45, 2.75) is 0 Å². The number of carbonyl (C=O) groups excluding carboxylic acids is 3. The highest BCUT2D eigenvalue weighted by Crippen LogP contribution is 2.00. The molecule has 0 aliphatic carbocycles. The Balaban J connectivity index is 2.48. The average Bonchev–Trinajstić information content (AvgIpc) is 2.30. The van der Waals surface area contributed by atoms with Gasteiger partial charge in [-0.3, -0.25) is 14.9 Å². The molecule has 98 valence electrons. The highest BCUT2D eigenvalue weighted by molar-refractivity contribution is 6.03. The van der Waals surface area contributed by atoms with Crippen molar-refractivity contribution in [3.8, 4) is 0 Å². The van der Waals surface area contributed by atoms with Gasteiger partial charge >= 0.3 is 12.0 Å². The summed E-state index contributed by atoms with van der Waals surface area (Å²) in [5, 5.41) is 10.3. The lowest BCUT2D eigenvalue weighted by molar-refractivity contribution is -0.133. The van der Waals surface area contributed by atoms with E-state index in [0.717, 1.165) is 6.08 Å². The molecule has 1 aliphatic heterocycles. The van der Waals surface area contributed by atoms with Gasteiger partial charge in [-0.1, -0.05) is 0 Å². The van der Waals surface area contributed by atoms with Gasteiger partial charge in [-0.25, -0.2) is 9.59 Å². The molecule has 18 heavy (non-hydrogen) atoms. The Morgan fingerprint density at radius 2 is 1.94 bits per heavy atom. The number of amides is 4. The van der Waals surface area contributed by atoms with Gasteiger partial charge in [-0.05, 0) is 0 Å². The van der Waals surface area contributed by atoms with Crippen LogP contribution >= 0.6 is 0 Å². The maximum Gasteiger partial charge on any atom is 0.328 e. The molecule has 0 aromatic carbocycles. The Morgan fingerprint density at radius 1 is 1.28 bits per heavy atom. The standard InChI is InChI=1S/C10H13N3O5/c1-12-4-5-13(6-8(12)15)10(18)11-7(14)2-3-9(16)17/h2-3H,4-6H2,1H3,(H,16,17)(H,11,14,18). The number of nitrogens with one attached hydrogen (secondary N) is 1. The first-order valence-corrected chi connectivity index (χ1v) is 5.15. The summed E-state index contributed by atoms with van der Waals surface area (Å²) in [5.41, 5.74) is 0. The normalized spacial score (nSPS) is 15.9. The van der Waals surface area contributed by atoms with Crippen LogP contribution < -0.4 is 5.32 Å². The number of aliphatic carboxylic acids is 1. The van der Waals surface area contributed by atoms with Gasteiger partial charge in [-0.15, -0.1) is 0 Å². The zero-order valence-electron chi connectivity index (χ0n) is 9.75. The third-order valence-corrected chi connectivity index (χ3v) is 2.35. The number of carbonyl (C=O) groups is 4. The molecule has 1 rings (SSSR count). The molecule has 1 saturated heterocycles. The minimum Gasteiger partial charge on any atom is -0.478 e. The first-order valence-electron chi connectivity index (χ1n) is 5.15. The van der Waals surface area contributed by atoms with E-state index in [-0.39, 0.29) is 12.5 Å². The van der Waals surface area contributed by atoms with Crippen molar-refractivity contribution in [1.29, 1.82) is 0 Å². The van der Waals surface area contributed by atoms with Crippen LogP contribution in [0.5, 0.6) is 0 Å². The van der Waals surface area contributed by atoms with E-state index in [2.05, 4.69) is 0 Å². The van der Waals surface area contributed by atoms with Gasteiger partial charge < -0.3 is 14.9 Å². The summed E-state index contributed by atoms with van der Waals surface area (Å²) in [7, 11) is 1.62. The molecule has 4 amide bonds. The molecule has 8 nitrogen and oxygen atoms in total. The number of carboxylic acid groups (broad SMARTS) is 1. The van der Waals surface area contributed by atoms with Crippen LogP contribution in [0, 0.1) is 0 Å². The molecule has 0 unspecified atom stereocenters. The molecule has 0 aromatic rings. The van der Waals surface area contributed by atoms with Crippen molar-refractivity contribution in [3.05, 3.63) is 12.2 Å². The molecule has 1 aliphatic rings. The zero-order chi connectivity index (χ0) is 13.7. The molecular weight excluding hydrogens is 242 g/mol. The number of urea groups is 1. The van der Waals surface area contributed by atoms with Gasteiger partial charge in [0.1, 0.15) is 6.54 Å². The third kappa shape index (κ3) is 3.89. The molecule has 0 atom stereocenters. The quantitative estimate of drug-likeness (QED) is 0.592. The minimum atomic E-state index is -1.28. The predicted molar refractivity (Wildman–Crippen MR) is 59.5 cm³/mol. The van der Waals surface area contributed by atoms with Crippen LogP contribution in [0.15, 0.2) is 12.2 Å². The van der Waals surface area contributed by atoms with E-state index >= 15 is 0 Å². The Kier molecular flexibility index (Phi) is 4.41. The zero-order valence-corrected chi connectivity index (χ0v) is 9.75. The summed E-state index contributed by atoms with van der Waals surface area (Å²) in [5.74, 6) is -2.34. The number of rotatable bonds is 2. The van der Waals surface area contributed by atoms with E-state index in [4.69, 9.17) is 5.11 Å². The molecule has 0 spiro atoms. The maximum absolute atomic E-state index is 11.5. The van der Waals surface area contributed by atoms with E-state index in [0.29, 0.717) is 19.2 Å². The van der Waals surface area contributed by atoms with Gasteiger partial charge in [0, 0.05) is 32.3 Å². The van der Waals surface area contributed by atoms with Gasteiger partial charge in [0.2, 0.25) is 5.91 Å². The molecule has 0 saturated carbocycles. The van der Waals surface area contributed by atoms with Crippen molar-refractivity contribution in [3.63, 3.8) is 0 Å². The lowest BCUT2D eigenvalue weighted by Gasteiger charge is -2.31. The molecule has 0 bridgehead atoms. The predicted octanol–water partition coefficient (Wildman–Crippen LogP) is -1.36. The Labute approximate surface area is 103 Å². The smallest absolute Gasteiger partial charge is 0.328 e. The van der Waals surface area contributed by atoms with E-state index in [1.165, 1.54) is 9.80 Å². The van der Waals surface area contributed by atoms with Crippen molar-refractivity contribution in [2.24, 2.45) is 0 Å². The summed E-state index contributed by atoms with van der Waals surface area (Å²) in [4.78, 5) is 46.9. The number of hydrogen-bond acceptors (Lipinski definition) is 4. The summed E-state index contributed by atoms with van der Waals surface area (Å²) in [6.07, 6.45) is 1.36. The number of piperazine rings is 1. The Hall–Kier alpha value is -2.38. The molecule has 0 radical (unpaired) electrons. The van der Waals surface area contributed by atoms with Crippen molar-refractivity contribution in [1.82, 2.24) is 15.1 Å². The largest absolute Gasteiger partial charge is 0.478 e. The number of likely N-dealkylation sites (N-methyl/N-ethyl adjacent to an activating group) is 1. The van der Waals surface area contributed by atoms with Crippen LogP contribution in [0.2, 0.25) is 0 Å². The lowest BCUT2D eigenvalue weighted by Crippen LogP contribution is -2.54. The van der Waals surface area contributed by atoms with E-state index in [1.54, 1.807) is 7.05 Å². The van der Waals surface area contributed by atoms with Crippen molar-refractivity contribution in [2.75, 3.05) is 26.7 Å². The summed E-state index contributed by atoms with van der Waals surface area (Å²) in [6, 6.07) is -0.712. The molecule has 1 fully saturated rings. The number of imide groups is 1. The Morgan fingerprint density at radius 3 is 2.50 bits per heavy atom. The van der Waals surface area contributed by atoms with Gasteiger partial charge in [0.25, 0.3) is 5.91 Å². The highest BCUT2D eigenvalue weighted by Gasteiger charge is 2.25. The number of nitrogens with zero attached hydrogens (tertiary/aromatic N) is 2. The second-order valence-corrected chi connectivity index (χ2v) is 3.70. The van der Waals surface area contributed by atoms with Crippen LogP contribution in [-0.2, 0) is 14.4 Å². The Bertz CT molecular complexity index is 418. The number of hydrogen-bond donors (Lipinski definition) is 2. The van der Waals surface area contributed by atoms with Crippen molar-refractivity contribution >= 4 is 23.8 Å². The monoisotopic (exact) mass is 255 g/mol. The van der Waals surface area contributed by atoms with E-state index < -0.39 is 17.9 Å². The molecule has 2 N–H and O–H groups in total. The van der Waals surface area contributed by atoms with Crippen molar-refractivity contribution < 1.29 is 24.3 Å². The molecular formula is C10H13N3O5. The van der Waals surface area contributed by atoms with E-state index in [9.17, 15) is 19.2 Å². The van der Waals surface area contributed by atoms with Crippen LogP contribution in [0.4, 0.5) is 4.79 Å². The molecule has 0 aromatic heterocycles. The average molecular weight is 255 g/mol.